The molecule has 0 amide bonds. The number of rotatable bonds is 1. The topological polar surface area (TPSA) is 38.9 Å². The van der Waals surface area contributed by atoms with Gasteiger partial charge in [0.05, 0.1) is 15.9 Å². The number of nitrogens with two attached hydrogens (primary N) is 1. The predicted octanol–water partition coefficient (Wildman–Crippen LogP) is 3.99. The summed E-state index contributed by atoms with van der Waals surface area (Å²) in [5.41, 5.74) is 8.51. The molecule has 0 fully saturated rings. The second-order valence-electron chi connectivity index (χ2n) is 4.18. The van der Waals surface area contributed by atoms with Crippen LogP contribution in [0.15, 0.2) is 36.4 Å². The van der Waals surface area contributed by atoms with Crippen molar-refractivity contribution in [3.8, 4) is 10.6 Å². The quantitative estimate of drug-likeness (QED) is 0.670. The van der Waals surface area contributed by atoms with Crippen LogP contribution in [0.2, 0.25) is 0 Å². The summed E-state index contributed by atoms with van der Waals surface area (Å²) in [5, 5.41) is 0.818. The SMILES string of the molecule is Cc1cccc2sc(-c3ccc(N)c(F)c3)nc12. The van der Waals surface area contributed by atoms with E-state index in [9.17, 15) is 4.39 Å². The number of aromatic nitrogens is 1. The van der Waals surface area contributed by atoms with Crippen LogP contribution < -0.4 is 5.73 Å². The minimum absolute atomic E-state index is 0.163. The molecule has 2 nitrogen and oxygen atoms in total. The van der Waals surface area contributed by atoms with Gasteiger partial charge >= 0.3 is 0 Å². The van der Waals surface area contributed by atoms with Crippen LogP contribution in [0.3, 0.4) is 0 Å². The number of thiazole rings is 1. The predicted molar refractivity (Wildman–Crippen MR) is 74.2 cm³/mol. The lowest BCUT2D eigenvalue weighted by atomic mass is 10.2. The van der Waals surface area contributed by atoms with Crippen molar-refractivity contribution in [3.63, 3.8) is 0 Å². The third-order valence-electron chi connectivity index (χ3n) is 2.87. The Balaban J connectivity index is 2.19. The van der Waals surface area contributed by atoms with Gasteiger partial charge in [-0.3, -0.25) is 0 Å². The first-order valence-corrected chi connectivity index (χ1v) is 6.38. The molecule has 0 saturated carbocycles. The van der Waals surface area contributed by atoms with Crippen molar-refractivity contribution in [2.45, 2.75) is 6.92 Å². The molecule has 90 valence electrons. The molecule has 18 heavy (non-hydrogen) atoms. The van der Waals surface area contributed by atoms with Crippen LogP contribution in [0.5, 0.6) is 0 Å². The van der Waals surface area contributed by atoms with Crippen LogP contribution >= 0.6 is 11.3 Å². The van der Waals surface area contributed by atoms with E-state index in [-0.39, 0.29) is 5.69 Å². The number of nitrogen functional groups attached to an aromatic ring is 1. The Kier molecular flexibility index (Phi) is 2.52. The molecule has 0 aliphatic rings. The van der Waals surface area contributed by atoms with Gasteiger partial charge in [-0.2, -0.15) is 0 Å². The zero-order chi connectivity index (χ0) is 12.7. The number of para-hydroxylation sites is 1. The molecule has 1 heterocycles. The van der Waals surface area contributed by atoms with Crippen LogP contribution in [0, 0.1) is 12.7 Å². The highest BCUT2D eigenvalue weighted by atomic mass is 32.1. The fraction of sp³-hybridized carbons (Fsp3) is 0.0714. The summed E-state index contributed by atoms with van der Waals surface area (Å²) < 4.78 is 14.6. The lowest BCUT2D eigenvalue weighted by molar-refractivity contribution is 0.633. The molecule has 1 aromatic heterocycles. The number of anilines is 1. The number of fused-ring (bicyclic) bond motifs is 1. The Labute approximate surface area is 108 Å². The molecule has 0 aliphatic heterocycles. The van der Waals surface area contributed by atoms with Gasteiger partial charge in [-0.15, -0.1) is 11.3 Å². The van der Waals surface area contributed by atoms with E-state index < -0.39 is 5.82 Å². The molecule has 3 rings (SSSR count). The number of nitrogens with zero attached hydrogens (tertiary/aromatic N) is 1. The molecule has 2 aromatic carbocycles. The molecule has 2 N–H and O–H groups in total. The number of hydrogen-bond acceptors (Lipinski definition) is 3. The van der Waals surface area contributed by atoms with Gasteiger partial charge < -0.3 is 5.73 Å². The largest absolute Gasteiger partial charge is 0.396 e. The minimum atomic E-state index is -0.400. The Morgan fingerprint density at radius 3 is 2.78 bits per heavy atom. The Bertz CT molecular complexity index is 734. The van der Waals surface area contributed by atoms with E-state index in [1.165, 1.54) is 6.07 Å². The van der Waals surface area contributed by atoms with Crippen molar-refractivity contribution in [3.05, 3.63) is 47.8 Å². The summed E-state index contributed by atoms with van der Waals surface area (Å²) in [6.45, 7) is 2.02. The van der Waals surface area contributed by atoms with Gasteiger partial charge in [0.25, 0.3) is 0 Å². The molecule has 4 heteroatoms. The van der Waals surface area contributed by atoms with Crippen molar-refractivity contribution < 1.29 is 4.39 Å². The van der Waals surface area contributed by atoms with E-state index in [1.807, 2.05) is 25.1 Å². The fourth-order valence-electron chi connectivity index (χ4n) is 1.87. The smallest absolute Gasteiger partial charge is 0.146 e. The maximum Gasteiger partial charge on any atom is 0.146 e. The van der Waals surface area contributed by atoms with Crippen LogP contribution in [0.4, 0.5) is 10.1 Å². The van der Waals surface area contributed by atoms with Crippen molar-refractivity contribution >= 4 is 27.2 Å². The van der Waals surface area contributed by atoms with Gasteiger partial charge in [0.2, 0.25) is 0 Å². The van der Waals surface area contributed by atoms with Gasteiger partial charge in [-0.05, 0) is 36.8 Å². The zero-order valence-electron chi connectivity index (χ0n) is 9.77. The third kappa shape index (κ3) is 1.75. The fourth-order valence-corrected chi connectivity index (χ4v) is 2.91. The first-order valence-electron chi connectivity index (χ1n) is 5.57. The summed E-state index contributed by atoms with van der Waals surface area (Å²) in [6.07, 6.45) is 0. The highest BCUT2D eigenvalue weighted by Gasteiger charge is 2.09. The third-order valence-corrected chi connectivity index (χ3v) is 3.94. The van der Waals surface area contributed by atoms with E-state index in [4.69, 9.17) is 5.73 Å². The molecule has 0 radical (unpaired) electrons. The lowest BCUT2D eigenvalue weighted by Crippen LogP contribution is -1.90. The van der Waals surface area contributed by atoms with Gasteiger partial charge in [0.1, 0.15) is 10.8 Å². The van der Waals surface area contributed by atoms with Crippen LogP contribution in [0.25, 0.3) is 20.8 Å². The summed E-state index contributed by atoms with van der Waals surface area (Å²) in [5.74, 6) is -0.400. The minimum Gasteiger partial charge on any atom is -0.396 e. The summed E-state index contributed by atoms with van der Waals surface area (Å²) in [7, 11) is 0. The number of aryl methyl sites for hydroxylation is 1. The van der Waals surface area contributed by atoms with Crippen LogP contribution in [0.1, 0.15) is 5.56 Å². The standard InChI is InChI=1S/C14H11FN2S/c1-8-3-2-4-12-13(8)17-14(18-12)9-5-6-11(16)10(15)7-9/h2-7H,16H2,1H3. The van der Waals surface area contributed by atoms with Crippen molar-refractivity contribution in [1.29, 1.82) is 0 Å². The molecule has 0 aliphatic carbocycles. The number of benzene rings is 2. The Hall–Kier alpha value is -1.94. The van der Waals surface area contributed by atoms with E-state index in [2.05, 4.69) is 4.98 Å². The molecular weight excluding hydrogens is 247 g/mol. The average molecular weight is 258 g/mol. The van der Waals surface area contributed by atoms with Gasteiger partial charge in [-0.1, -0.05) is 12.1 Å². The van der Waals surface area contributed by atoms with E-state index in [1.54, 1.807) is 23.5 Å². The van der Waals surface area contributed by atoms with E-state index >= 15 is 0 Å². The van der Waals surface area contributed by atoms with Gasteiger partial charge in [-0.25, -0.2) is 9.37 Å². The molecular formula is C14H11FN2S. The molecule has 0 bridgehead atoms. The molecule has 3 aromatic rings. The molecule has 0 atom stereocenters. The lowest BCUT2D eigenvalue weighted by Gasteiger charge is -1.98. The molecule has 0 unspecified atom stereocenters. The second-order valence-corrected chi connectivity index (χ2v) is 5.21. The number of halogens is 1. The monoisotopic (exact) mass is 258 g/mol. The van der Waals surface area contributed by atoms with Crippen molar-refractivity contribution in [2.24, 2.45) is 0 Å². The summed E-state index contributed by atoms with van der Waals surface area (Å²) in [4.78, 5) is 4.56. The zero-order valence-corrected chi connectivity index (χ0v) is 10.6. The van der Waals surface area contributed by atoms with Gasteiger partial charge in [0.15, 0.2) is 0 Å². The Morgan fingerprint density at radius 1 is 1.22 bits per heavy atom. The summed E-state index contributed by atoms with van der Waals surface area (Å²) >= 11 is 1.56. The van der Waals surface area contributed by atoms with Gasteiger partial charge in [0, 0.05) is 5.56 Å². The molecule has 0 saturated heterocycles. The second kappa shape index (κ2) is 4.07. The molecule has 0 spiro atoms. The normalized spacial score (nSPS) is 11.0. The maximum atomic E-state index is 13.5. The van der Waals surface area contributed by atoms with E-state index in [0.717, 1.165) is 26.4 Å². The first-order chi connectivity index (χ1) is 8.65. The number of hydrogen-bond donors (Lipinski definition) is 1. The van der Waals surface area contributed by atoms with Crippen LogP contribution in [-0.4, -0.2) is 4.98 Å². The first kappa shape index (κ1) is 11.2. The maximum absolute atomic E-state index is 13.5. The Morgan fingerprint density at radius 2 is 2.06 bits per heavy atom. The highest BCUT2D eigenvalue weighted by molar-refractivity contribution is 7.21. The average Bonchev–Trinajstić information content (AvgIpc) is 2.78. The van der Waals surface area contributed by atoms with Crippen molar-refractivity contribution in [2.75, 3.05) is 5.73 Å². The summed E-state index contributed by atoms with van der Waals surface area (Å²) in [6, 6.07) is 10.9. The van der Waals surface area contributed by atoms with Crippen LogP contribution in [-0.2, 0) is 0 Å². The van der Waals surface area contributed by atoms with E-state index in [0.29, 0.717) is 0 Å². The van der Waals surface area contributed by atoms with Crippen molar-refractivity contribution in [1.82, 2.24) is 4.98 Å². The highest BCUT2D eigenvalue weighted by Crippen LogP contribution is 2.32.